The van der Waals surface area contributed by atoms with Gasteiger partial charge in [0.15, 0.2) is 0 Å². The topological polar surface area (TPSA) is 95.6 Å². The first-order valence-corrected chi connectivity index (χ1v) is 11.0. The number of anilines is 1. The van der Waals surface area contributed by atoms with Gasteiger partial charge in [0.2, 0.25) is 20.0 Å². The summed E-state index contributed by atoms with van der Waals surface area (Å²) >= 11 is 0. The lowest BCUT2D eigenvalue weighted by molar-refractivity contribution is 0.296. The van der Waals surface area contributed by atoms with Gasteiger partial charge in [-0.1, -0.05) is 0 Å². The van der Waals surface area contributed by atoms with Gasteiger partial charge in [-0.25, -0.2) is 21.2 Å². The van der Waals surface area contributed by atoms with Crippen LogP contribution in [0, 0.1) is 5.82 Å². The summed E-state index contributed by atoms with van der Waals surface area (Å²) in [5.41, 5.74) is -0.267. The molecule has 2 rings (SSSR count). The Labute approximate surface area is 148 Å². The predicted molar refractivity (Wildman–Crippen MR) is 94.9 cm³/mol. The molecule has 1 aromatic rings. The predicted octanol–water partition coefficient (Wildman–Crippen LogP) is 1.35. The average Bonchev–Trinajstić information content (AvgIpc) is 2.56. The summed E-state index contributed by atoms with van der Waals surface area (Å²) in [4.78, 5) is -0.196. The number of benzene rings is 1. The van der Waals surface area contributed by atoms with E-state index < -0.39 is 31.1 Å². The fourth-order valence-corrected chi connectivity index (χ4v) is 4.68. The maximum Gasteiger partial charge on any atom is 0.243 e. The first kappa shape index (κ1) is 20.1. The second-order valence-electron chi connectivity index (χ2n) is 6.34. The first-order valence-electron chi connectivity index (χ1n) is 8.05. The summed E-state index contributed by atoms with van der Waals surface area (Å²) in [6, 6.07) is 3.06. The number of hydrogen-bond acceptors (Lipinski definition) is 5. The molecule has 1 aromatic carbocycles. The Kier molecular flexibility index (Phi) is 6.08. The summed E-state index contributed by atoms with van der Waals surface area (Å²) in [6.45, 7) is 4.39. The van der Waals surface area contributed by atoms with Crippen molar-refractivity contribution in [3.63, 3.8) is 0 Å². The smallest absolute Gasteiger partial charge is 0.243 e. The normalized spacial score (nSPS) is 17.2. The van der Waals surface area contributed by atoms with Crippen molar-refractivity contribution in [3.05, 3.63) is 24.0 Å². The van der Waals surface area contributed by atoms with Gasteiger partial charge in [-0.3, -0.25) is 4.72 Å². The van der Waals surface area contributed by atoms with Crippen molar-refractivity contribution in [2.75, 3.05) is 24.9 Å². The molecule has 0 aliphatic carbocycles. The standard InChI is InChI=1S/C15H24FN3O4S2/c1-11(2)24(20,21)18-15-5-4-13(10-14(15)16)25(22,23)19(3)12-6-8-17-9-7-12/h4-5,10-12,17-18H,6-9H2,1-3H3. The van der Waals surface area contributed by atoms with E-state index in [-0.39, 0.29) is 16.6 Å². The van der Waals surface area contributed by atoms with E-state index in [0.717, 1.165) is 25.2 Å². The third kappa shape index (κ3) is 4.49. The molecule has 25 heavy (non-hydrogen) atoms. The summed E-state index contributed by atoms with van der Waals surface area (Å²) in [7, 11) is -6.08. The second kappa shape index (κ2) is 7.56. The van der Waals surface area contributed by atoms with E-state index in [1.807, 2.05) is 0 Å². The minimum Gasteiger partial charge on any atom is -0.317 e. The van der Waals surface area contributed by atoms with Crippen LogP contribution in [0.4, 0.5) is 10.1 Å². The van der Waals surface area contributed by atoms with E-state index >= 15 is 0 Å². The maximum absolute atomic E-state index is 14.3. The number of halogens is 1. The highest BCUT2D eigenvalue weighted by molar-refractivity contribution is 7.93. The molecule has 1 aliphatic heterocycles. The number of nitrogens with zero attached hydrogens (tertiary/aromatic N) is 1. The van der Waals surface area contributed by atoms with Gasteiger partial charge in [-0.05, 0) is 58.0 Å². The minimum absolute atomic E-state index is 0.145. The monoisotopic (exact) mass is 393 g/mol. The Morgan fingerprint density at radius 2 is 1.80 bits per heavy atom. The van der Waals surface area contributed by atoms with Crippen LogP contribution < -0.4 is 10.0 Å². The molecule has 0 radical (unpaired) electrons. The van der Waals surface area contributed by atoms with E-state index in [1.54, 1.807) is 0 Å². The maximum atomic E-state index is 14.3. The largest absolute Gasteiger partial charge is 0.317 e. The van der Waals surface area contributed by atoms with Crippen LogP contribution in [-0.2, 0) is 20.0 Å². The molecule has 0 amide bonds. The van der Waals surface area contributed by atoms with Crippen LogP contribution in [0.25, 0.3) is 0 Å². The first-order chi connectivity index (χ1) is 11.6. The molecule has 1 aliphatic rings. The van der Waals surface area contributed by atoms with Gasteiger partial charge in [-0.2, -0.15) is 4.31 Å². The highest BCUT2D eigenvalue weighted by atomic mass is 32.2. The second-order valence-corrected chi connectivity index (χ2v) is 10.6. The van der Waals surface area contributed by atoms with E-state index in [9.17, 15) is 21.2 Å². The quantitative estimate of drug-likeness (QED) is 0.761. The van der Waals surface area contributed by atoms with E-state index in [4.69, 9.17) is 0 Å². The lowest BCUT2D eigenvalue weighted by atomic mass is 10.1. The van der Waals surface area contributed by atoms with Gasteiger partial charge in [0.1, 0.15) is 5.82 Å². The zero-order valence-corrected chi connectivity index (χ0v) is 16.1. The molecule has 0 spiro atoms. The highest BCUT2D eigenvalue weighted by Gasteiger charge is 2.30. The Morgan fingerprint density at radius 1 is 1.20 bits per heavy atom. The lowest BCUT2D eigenvalue weighted by Gasteiger charge is -2.30. The fraction of sp³-hybridized carbons (Fsp3) is 0.600. The summed E-state index contributed by atoms with van der Waals surface area (Å²) in [6.07, 6.45) is 1.37. The number of hydrogen-bond donors (Lipinski definition) is 2. The molecule has 0 bridgehead atoms. The van der Waals surface area contributed by atoms with Crippen LogP contribution >= 0.6 is 0 Å². The van der Waals surface area contributed by atoms with Crippen LogP contribution in [0.1, 0.15) is 26.7 Å². The van der Waals surface area contributed by atoms with Gasteiger partial charge in [-0.15, -0.1) is 0 Å². The molecule has 0 atom stereocenters. The van der Waals surface area contributed by atoms with Crippen molar-refractivity contribution in [2.45, 2.75) is 42.9 Å². The number of sulfonamides is 2. The van der Waals surface area contributed by atoms with Crippen molar-refractivity contribution in [3.8, 4) is 0 Å². The van der Waals surface area contributed by atoms with Crippen molar-refractivity contribution in [2.24, 2.45) is 0 Å². The molecule has 142 valence electrons. The fourth-order valence-electron chi connectivity index (χ4n) is 2.54. The molecule has 1 saturated heterocycles. The molecule has 1 heterocycles. The van der Waals surface area contributed by atoms with Crippen molar-refractivity contribution >= 4 is 25.7 Å². The van der Waals surface area contributed by atoms with Crippen LogP contribution in [0.5, 0.6) is 0 Å². The zero-order valence-electron chi connectivity index (χ0n) is 14.5. The van der Waals surface area contributed by atoms with Crippen LogP contribution in [0.2, 0.25) is 0 Å². The molecular formula is C15H24FN3O4S2. The van der Waals surface area contributed by atoms with Gasteiger partial charge in [0.05, 0.1) is 15.8 Å². The summed E-state index contributed by atoms with van der Waals surface area (Å²) < 4.78 is 66.7. The molecule has 0 unspecified atom stereocenters. The van der Waals surface area contributed by atoms with Crippen molar-refractivity contribution in [1.29, 1.82) is 0 Å². The Balaban J connectivity index is 2.26. The zero-order chi connectivity index (χ0) is 18.8. The van der Waals surface area contributed by atoms with Gasteiger partial charge >= 0.3 is 0 Å². The van der Waals surface area contributed by atoms with Crippen LogP contribution in [0.15, 0.2) is 23.1 Å². The Hall–Kier alpha value is -1.23. The average molecular weight is 394 g/mol. The highest BCUT2D eigenvalue weighted by Crippen LogP contribution is 2.25. The number of rotatable bonds is 6. The minimum atomic E-state index is -3.85. The molecule has 0 aromatic heterocycles. The third-order valence-corrected chi connectivity index (χ3v) is 7.96. The molecule has 0 saturated carbocycles. The van der Waals surface area contributed by atoms with E-state index in [0.29, 0.717) is 12.8 Å². The van der Waals surface area contributed by atoms with Gasteiger partial charge < -0.3 is 5.32 Å². The SMILES string of the molecule is CC(C)S(=O)(=O)Nc1ccc(S(=O)(=O)N(C)C2CCNCC2)cc1F. The molecular weight excluding hydrogens is 369 g/mol. The van der Waals surface area contributed by atoms with Crippen molar-refractivity contribution < 1.29 is 21.2 Å². The Bertz CT molecular complexity index is 819. The molecule has 7 nitrogen and oxygen atoms in total. The molecule has 1 fully saturated rings. The van der Waals surface area contributed by atoms with Crippen LogP contribution in [-0.4, -0.2) is 52.6 Å². The molecule has 2 N–H and O–H groups in total. The number of nitrogens with one attached hydrogen (secondary N) is 2. The lowest BCUT2D eigenvalue weighted by Crippen LogP contribution is -2.43. The van der Waals surface area contributed by atoms with Crippen LogP contribution in [0.3, 0.4) is 0 Å². The third-order valence-electron chi connectivity index (χ3n) is 4.31. The summed E-state index contributed by atoms with van der Waals surface area (Å²) in [5, 5.41) is 2.43. The van der Waals surface area contributed by atoms with Gasteiger partial charge in [0, 0.05) is 13.1 Å². The van der Waals surface area contributed by atoms with Gasteiger partial charge in [0.25, 0.3) is 0 Å². The van der Waals surface area contributed by atoms with E-state index in [1.165, 1.54) is 31.3 Å². The van der Waals surface area contributed by atoms with Crippen molar-refractivity contribution in [1.82, 2.24) is 9.62 Å². The number of piperidine rings is 1. The van der Waals surface area contributed by atoms with E-state index in [2.05, 4.69) is 10.0 Å². The Morgan fingerprint density at radius 3 is 2.32 bits per heavy atom. The summed E-state index contributed by atoms with van der Waals surface area (Å²) in [5.74, 6) is -0.927. The molecule has 10 heteroatoms.